The third kappa shape index (κ3) is 7.04. The molecule has 0 saturated heterocycles. The standard InChI is InChI=1S/C22H27N3O2S/c1-4-13-23-22(28)25-24-16-19-11-5-6-12-20(19)26-14-8-15-27-21-17(2)9-7-10-18(21)3/h4-7,9-12,16H,1,8,13-15H2,2-3H3,(H2,23,25,28). The first kappa shape index (κ1) is 21.4. The number of rotatable bonds is 10. The zero-order chi connectivity index (χ0) is 20.2. The highest BCUT2D eigenvalue weighted by molar-refractivity contribution is 7.80. The van der Waals surface area contributed by atoms with Crippen LogP contribution in [0.25, 0.3) is 0 Å². The van der Waals surface area contributed by atoms with Gasteiger partial charge in [0.05, 0.1) is 19.4 Å². The number of hydrazone groups is 1. The maximum Gasteiger partial charge on any atom is 0.187 e. The summed E-state index contributed by atoms with van der Waals surface area (Å²) in [4.78, 5) is 0. The highest BCUT2D eigenvalue weighted by Crippen LogP contribution is 2.22. The molecular weight excluding hydrogens is 370 g/mol. The van der Waals surface area contributed by atoms with Crippen LogP contribution in [0.1, 0.15) is 23.1 Å². The average Bonchev–Trinajstić information content (AvgIpc) is 2.69. The molecule has 0 spiro atoms. The van der Waals surface area contributed by atoms with Gasteiger partial charge in [-0.3, -0.25) is 5.43 Å². The Morgan fingerprint density at radius 2 is 1.79 bits per heavy atom. The van der Waals surface area contributed by atoms with Crippen LogP contribution in [0.2, 0.25) is 0 Å². The fourth-order valence-electron chi connectivity index (χ4n) is 2.53. The Kier molecular flexibility index (Phi) is 9.01. The predicted octanol–water partition coefficient (Wildman–Crippen LogP) is 4.14. The zero-order valence-corrected chi connectivity index (χ0v) is 17.2. The molecule has 2 aromatic carbocycles. The summed E-state index contributed by atoms with van der Waals surface area (Å²) in [6.45, 7) is 9.49. The normalized spacial score (nSPS) is 10.5. The number of aryl methyl sites for hydroxylation is 2. The molecule has 0 saturated carbocycles. The van der Waals surface area contributed by atoms with Gasteiger partial charge >= 0.3 is 0 Å². The van der Waals surface area contributed by atoms with Crippen molar-refractivity contribution in [3.05, 3.63) is 71.8 Å². The number of nitrogens with one attached hydrogen (secondary N) is 2. The van der Waals surface area contributed by atoms with E-state index in [4.69, 9.17) is 21.7 Å². The van der Waals surface area contributed by atoms with Gasteiger partial charge in [0.25, 0.3) is 0 Å². The van der Waals surface area contributed by atoms with Gasteiger partial charge in [-0.1, -0.05) is 36.4 Å². The van der Waals surface area contributed by atoms with Gasteiger partial charge < -0.3 is 14.8 Å². The van der Waals surface area contributed by atoms with E-state index >= 15 is 0 Å². The number of nitrogens with zero attached hydrogens (tertiary/aromatic N) is 1. The molecule has 0 amide bonds. The lowest BCUT2D eigenvalue weighted by Crippen LogP contribution is -2.31. The van der Waals surface area contributed by atoms with Gasteiger partial charge in [0.2, 0.25) is 0 Å². The van der Waals surface area contributed by atoms with E-state index < -0.39 is 0 Å². The lowest BCUT2D eigenvalue weighted by atomic mass is 10.1. The second-order valence-corrected chi connectivity index (χ2v) is 6.59. The number of hydrogen-bond acceptors (Lipinski definition) is 4. The lowest BCUT2D eigenvalue weighted by Gasteiger charge is -2.13. The number of hydrogen-bond donors (Lipinski definition) is 2. The van der Waals surface area contributed by atoms with Gasteiger partial charge in [0, 0.05) is 18.5 Å². The minimum atomic E-state index is 0.443. The van der Waals surface area contributed by atoms with Crippen molar-refractivity contribution in [2.75, 3.05) is 19.8 Å². The van der Waals surface area contributed by atoms with Crippen molar-refractivity contribution in [2.45, 2.75) is 20.3 Å². The fraction of sp³-hybridized carbons (Fsp3) is 0.273. The van der Waals surface area contributed by atoms with Crippen molar-refractivity contribution >= 4 is 23.5 Å². The van der Waals surface area contributed by atoms with E-state index in [1.165, 1.54) is 0 Å². The van der Waals surface area contributed by atoms with Crippen LogP contribution >= 0.6 is 12.2 Å². The molecule has 0 aromatic heterocycles. The van der Waals surface area contributed by atoms with Crippen LogP contribution in [0.3, 0.4) is 0 Å². The van der Waals surface area contributed by atoms with E-state index in [2.05, 4.69) is 48.4 Å². The molecule has 2 N–H and O–H groups in total. The van der Waals surface area contributed by atoms with E-state index in [-0.39, 0.29) is 0 Å². The van der Waals surface area contributed by atoms with Gasteiger partial charge in [-0.05, 0) is 49.3 Å². The Balaban J connectivity index is 1.80. The third-order valence-electron chi connectivity index (χ3n) is 3.90. The Labute approximate surface area is 172 Å². The van der Waals surface area contributed by atoms with Crippen molar-refractivity contribution < 1.29 is 9.47 Å². The maximum absolute atomic E-state index is 5.91. The summed E-state index contributed by atoms with van der Waals surface area (Å²) in [6.07, 6.45) is 4.20. The molecule has 0 atom stereocenters. The molecule has 0 radical (unpaired) electrons. The van der Waals surface area contributed by atoms with Crippen LogP contribution in [0.4, 0.5) is 0 Å². The molecule has 0 bridgehead atoms. The molecule has 0 aliphatic rings. The molecule has 0 heterocycles. The van der Waals surface area contributed by atoms with E-state index in [1.807, 2.05) is 30.3 Å². The first-order valence-corrected chi connectivity index (χ1v) is 9.61. The summed E-state index contributed by atoms with van der Waals surface area (Å²) in [6, 6.07) is 13.9. The summed E-state index contributed by atoms with van der Waals surface area (Å²) in [5.41, 5.74) is 5.93. The Hall–Kier alpha value is -2.86. The first-order valence-electron chi connectivity index (χ1n) is 9.20. The van der Waals surface area contributed by atoms with Crippen molar-refractivity contribution in [2.24, 2.45) is 5.10 Å². The Morgan fingerprint density at radius 1 is 1.07 bits per heavy atom. The van der Waals surface area contributed by atoms with Crippen molar-refractivity contribution in [1.82, 2.24) is 10.7 Å². The topological polar surface area (TPSA) is 54.9 Å². The maximum atomic E-state index is 5.91. The van der Waals surface area contributed by atoms with Gasteiger partial charge in [0.1, 0.15) is 11.5 Å². The van der Waals surface area contributed by atoms with Crippen LogP contribution in [0.5, 0.6) is 11.5 Å². The molecular formula is C22H27N3O2S. The number of benzene rings is 2. The molecule has 5 nitrogen and oxygen atoms in total. The van der Waals surface area contributed by atoms with E-state index in [0.29, 0.717) is 24.9 Å². The van der Waals surface area contributed by atoms with Crippen LogP contribution in [0.15, 0.2) is 60.2 Å². The minimum absolute atomic E-state index is 0.443. The summed E-state index contributed by atoms with van der Waals surface area (Å²) in [7, 11) is 0. The Bertz CT molecular complexity index is 801. The average molecular weight is 398 g/mol. The van der Waals surface area contributed by atoms with E-state index in [0.717, 1.165) is 34.6 Å². The van der Waals surface area contributed by atoms with E-state index in [1.54, 1.807) is 12.3 Å². The molecule has 148 valence electrons. The lowest BCUT2D eigenvalue weighted by molar-refractivity contribution is 0.245. The third-order valence-corrected chi connectivity index (χ3v) is 4.13. The van der Waals surface area contributed by atoms with Crippen LogP contribution in [-0.2, 0) is 0 Å². The molecule has 2 aromatic rings. The van der Waals surface area contributed by atoms with Gasteiger partial charge in [0.15, 0.2) is 5.11 Å². The smallest absolute Gasteiger partial charge is 0.187 e. The monoisotopic (exact) mass is 397 g/mol. The van der Waals surface area contributed by atoms with Crippen molar-refractivity contribution in [3.63, 3.8) is 0 Å². The summed E-state index contributed by atoms with van der Waals surface area (Å²) in [5, 5.41) is 7.53. The zero-order valence-electron chi connectivity index (χ0n) is 16.4. The molecule has 0 aliphatic heterocycles. The summed E-state index contributed by atoms with van der Waals surface area (Å²) >= 11 is 5.10. The molecule has 0 aliphatic carbocycles. The minimum Gasteiger partial charge on any atom is -0.493 e. The van der Waals surface area contributed by atoms with Gasteiger partial charge in [-0.25, -0.2) is 0 Å². The predicted molar refractivity (Wildman–Crippen MR) is 119 cm³/mol. The number of ether oxygens (including phenoxy) is 2. The molecule has 28 heavy (non-hydrogen) atoms. The quantitative estimate of drug-likeness (QED) is 0.208. The summed E-state index contributed by atoms with van der Waals surface area (Å²) < 4.78 is 11.8. The fourth-order valence-corrected chi connectivity index (χ4v) is 2.66. The summed E-state index contributed by atoms with van der Waals surface area (Å²) in [5.74, 6) is 1.73. The largest absolute Gasteiger partial charge is 0.493 e. The van der Waals surface area contributed by atoms with Crippen LogP contribution in [0, 0.1) is 13.8 Å². The number of thiocarbonyl (C=S) groups is 1. The second-order valence-electron chi connectivity index (χ2n) is 6.18. The van der Waals surface area contributed by atoms with Gasteiger partial charge in [-0.15, -0.1) is 6.58 Å². The Morgan fingerprint density at radius 3 is 2.54 bits per heavy atom. The molecule has 2 rings (SSSR count). The van der Waals surface area contributed by atoms with Crippen molar-refractivity contribution in [3.8, 4) is 11.5 Å². The molecule has 0 unspecified atom stereocenters. The first-order chi connectivity index (χ1) is 13.6. The highest BCUT2D eigenvalue weighted by Gasteiger charge is 2.04. The van der Waals surface area contributed by atoms with Crippen molar-refractivity contribution in [1.29, 1.82) is 0 Å². The highest BCUT2D eigenvalue weighted by atomic mass is 32.1. The van der Waals surface area contributed by atoms with Crippen LogP contribution < -0.4 is 20.2 Å². The molecule has 0 fully saturated rings. The van der Waals surface area contributed by atoms with E-state index in [9.17, 15) is 0 Å². The van der Waals surface area contributed by atoms with Crippen LogP contribution in [-0.4, -0.2) is 31.1 Å². The number of para-hydroxylation sites is 2. The molecule has 6 heteroatoms. The van der Waals surface area contributed by atoms with Gasteiger partial charge in [-0.2, -0.15) is 5.10 Å². The SMILES string of the molecule is C=CCNC(=S)NN=Cc1ccccc1OCCCOc1c(C)cccc1C. The second kappa shape index (κ2) is 11.8.